The van der Waals surface area contributed by atoms with Gasteiger partial charge in [-0.2, -0.15) is 0 Å². The molecule has 1 N–H and O–H groups in total. The maximum absolute atomic E-state index is 5.85. The quantitative estimate of drug-likeness (QED) is 0.701. The summed E-state index contributed by atoms with van der Waals surface area (Å²) in [5.74, 6) is 0.999. The first-order valence-electron chi connectivity index (χ1n) is 7.58. The molecule has 0 heterocycles. The zero-order valence-corrected chi connectivity index (χ0v) is 13.6. The molecule has 0 amide bonds. The Bertz CT molecular complexity index is 379. The number of hydrogen-bond donors (Lipinski definition) is 1. The van der Waals surface area contributed by atoms with E-state index in [0.717, 1.165) is 25.3 Å². The van der Waals surface area contributed by atoms with Gasteiger partial charge in [-0.3, -0.25) is 0 Å². The van der Waals surface area contributed by atoms with E-state index in [9.17, 15) is 0 Å². The van der Waals surface area contributed by atoms with E-state index in [1.54, 1.807) is 0 Å². The number of benzene rings is 1. The van der Waals surface area contributed by atoms with Gasteiger partial charge in [0.1, 0.15) is 12.4 Å². The van der Waals surface area contributed by atoms with E-state index in [0.29, 0.717) is 19.3 Å². The second-order valence-electron chi connectivity index (χ2n) is 5.56. The molecular formula is C17H29NO2. The molecule has 20 heavy (non-hydrogen) atoms. The zero-order chi connectivity index (χ0) is 15.0. The number of nitrogens with one attached hydrogen (secondary N) is 1. The third-order valence-electron chi connectivity index (χ3n) is 3.06. The molecule has 114 valence electrons. The van der Waals surface area contributed by atoms with Gasteiger partial charge in [0.05, 0.1) is 6.61 Å². The highest BCUT2D eigenvalue weighted by Crippen LogP contribution is 2.24. The minimum Gasteiger partial charge on any atom is -0.491 e. The fraction of sp³-hybridized carbons (Fsp3) is 0.647. The van der Waals surface area contributed by atoms with Crippen molar-refractivity contribution >= 4 is 0 Å². The van der Waals surface area contributed by atoms with Crippen molar-refractivity contribution < 1.29 is 9.47 Å². The normalized spacial score (nSPS) is 11.1. The summed E-state index contributed by atoms with van der Waals surface area (Å²) < 4.78 is 11.3. The van der Waals surface area contributed by atoms with Crippen LogP contribution in [0.2, 0.25) is 0 Å². The molecule has 0 radical (unpaired) electrons. The first-order chi connectivity index (χ1) is 9.54. The van der Waals surface area contributed by atoms with Crippen molar-refractivity contribution in [2.45, 2.75) is 53.6 Å². The second-order valence-corrected chi connectivity index (χ2v) is 5.56. The first kappa shape index (κ1) is 17.0. The highest BCUT2D eigenvalue weighted by molar-refractivity contribution is 5.43. The van der Waals surface area contributed by atoms with E-state index in [-0.39, 0.29) is 0 Å². The molecule has 1 rings (SSSR count). The number of ether oxygens (including phenoxy) is 2. The van der Waals surface area contributed by atoms with Crippen LogP contribution in [0, 0.1) is 13.8 Å². The lowest BCUT2D eigenvalue weighted by Gasteiger charge is -2.15. The van der Waals surface area contributed by atoms with Gasteiger partial charge >= 0.3 is 0 Å². The van der Waals surface area contributed by atoms with Crippen molar-refractivity contribution in [1.82, 2.24) is 5.32 Å². The Morgan fingerprint density at radius 3 is 2.25 bits per heavy atom. The monoisotopic (exact) mass is 279 g/mol. The van der Waals surface area contributed by atoms with Crippen LogP contribution in [0.4, 0.5) is 0 Å². The van der Waals surface area contributed by atoms with Gasteiger partial charge in [-0.05, 0) is 37.0 Å². The molecular weight excluding hydrogens is 250 g/mol. The Morgan fingerprint density at radius 2 is 1.70 bits per heavy atom. The molecule has 3 heteroatoms. The lowest BCUT2D eigenvalue weighted by atomic mass is 10.1. The molecule has 0 aliphatic heterocycles. The van der Waals surface area contributed by atoms with Crippen LogP contribution in [0.3, 0.4) is 0 Å². The fourth-order valence-corrected chi connectivity index (χ4v) is 2.14. The maximum Gasteiger partial charge on any atom is 0.125 e. The minimum atomic E-state index is 0.502. The third kappa shape index (κ3) is 5.93. The Labute approximate surface area is 123 Å². The van der Waals surface area contributed by atoms with Gasteiger partial charge in [-0.1, -0.05) is 32.9 Å². The Balaban J connectivity index is 2.55. The van der Waals surface area contributed by atoms with Crippen LogP contribution in [0.1, 0.15) is 43.9 Å². The molecule has 0 saturated heterocycles. The molecule has 0 atom stereocenters. The molecule has 1 aromatic carbocycles. The van der Waals surface area contributed by atoms with E-state index < -0.39 is 0 Å². The van der Waals surface area contributed by atoms with Gasteiger partial charge in [0.2, 0.25) is 0 Å². The largest absolute Gasteiger partial charge is 0.491 e. The average molecular weight is 279 g/mol. The molecule has 0 saturated carbocycles. The molecule has 0 spiro atoms. The van der Waals surface area contributed by atoms with E-state index in [1.165, 1.54) is 16.7 Å². The van der Waals surface area contributed by atoms with Gasteiger partial charge in [0.15, 0.2) is 0 Å². The molecule has 0 aliphatic rings. The summed E-state index contributed by atoms with van der Waals surface area (Å²) in [7, 11) is 0. The van der Waals surface area contributed by atoms with Crippen LogP contribution in [-0.4, -0.2) is 25.9 Å². The van der Waals surface area contributed by atoms with Crippen molar-refractivity contribution in [1.29, 1.82) is 0 Å². The lowest BCUT2D eigenvalue weighted by molar-refractivity contribution is 0.100. The summed E-state index contributed by atoms with van der Waals surface area (Å²) in [6, 6.07) is 4.90. The SMILES string of the molecule is CCCOCCOc1c(C)cc(CNC(C)C)cc1C. The molecule has 3 nitrogen and oxygen atoms in total. The summed E-state index contributed by atoms with van der Waals surface area (Å²) in [4.78, 5) is 0. The maximum atomic E-state index is 5.85. The average Bonchev–Trinajstić information content (AvgIpc) is 2.38. The summed E-state index contributed by atoms with van der Waals surface area (Å²) in [6.07, 6.45) is 1.05. The Morgan fingerprint density at radius 1 is 1.05 bits per heavy atom. The molecule has 0 fully saturated rings. The zero-order valence-electron chi connectivity index (χ0n) is 13.6. The summed E-state index contributed by atoms with van der Waals surface area (Å²) >= 11 is 0. The molecule has 0 aliphatic carbocycles. The van der Waals surface area contributed by atoms with Gasteiger partial charge < -0.3 is 14.8 Å². The predicted molar refractivity (Wildman–Crippen MR) is 84.5 cm³/mol. The Kier molecular flexibility index (Phi) is 7.63. The van der Waals surface area contributed by atoms with Crippen LogP contribution in [0.15, 0.2) is 12.1 Å². The third-order valence-corrected chi connectivity index (χ3v) is 3.06. The molecule has 0 aromatic heterocycles. The highest BCUT2D eigenvalue weighted by Gasteiger charge is 2.07. The predicted octanol–water partition coefficient (Wildman–Crippen LogP) is 3.61. The van der Waals surface area contributed by atoms with Crippen molar-refractivity contribution in [3.8, 4) is 5.75 Å². The van der Waals surface area contributed by atoms with Gasteiger partial charge in [-0.15, -0.1) is 0 Å². The van der Waals surface area contributed by atoms with Gasteiger partial charge in [-0.25, -0.2) is 0 Å². The summed E-state index contributed by atoms with van der Waals surface area (Å²) in [5.41, 5.74) is 3.70. The van der Waals surface area contributed by atoms with Crippen molar-refractivity contribution in [3.63, 3.8) is 0 Å². The van der Waals surface area contributed by atoms with E-state index in [1.807, 2.05) is 0 Å². The first-order valence-corrected chi connectivity index (χ1v) is 7.58. The van der Waals surface area contributed by atoms with Crippen LogP contribution in [0.5, 0.6) is 5.75 Å². The van der Waals surface area contributed by atoms with Crippen LogP contribution in [-0.2, 0) is 11.3 Å². The molecule has 0 bridgehead atoms. The smallest absolute Gasteiger partial charge is 0.125 e. The molecule has 1 aromatic rings. The van der Waals surface area contributed by atoms with Crippen molar-refractivity contribution in [3.05, 3.63) is 28.8 Å². The van der Waals surface area contributed by atoms with Crippen LogP contribution >= 0.6 is 0 Å². The Hall–Kier alpha value is -1.06. The lowest BCUT2D eigenvalue weighted by Crippen LogP contribution is -2.22. The summed E-state index contributed by atoms with van der Waals surface area (Å²) in [5, 5.41) is 3.44. The van der Waals surface area contributed by atoms with Gasteiger partial charge in [0, 0.05) is 19.2 Å². The van der Waals surface area contributed by atoms with E-state index in [2.05, 4.69) is 52.1 Å². The highest BCUT2D eigenvalue weighted by atomic mass is 16.5. The number of aryl methyl sites for hydroxylation is 2. The minimum absolute atomic E-state index is 0.502. The topological polar surface area (TPSA) is 30.5 Å². The van der Waals surface area contributed by atoms with Gasteiger partial charge in [0.25, 0.3) is 0 Å². The van der Waals surface area contributed by atoms with E-state index >= 15 is 0 Å². The number of rotatable bonds is 9. The standard InChI is InChI=1S/C17H29NO2/c1-6-7-19-8-9-20-17-14(4)10-16(11-15(17)5)12-18-13(2)3/h10-11,13,18H,6-9,12H2,1-5H3. The molecule has 0 unspecified atom stereocenters. The van der Waals surface area contributed by atoms with Crippen molar-refractivity contribution in [2.24, 2.45) is 0 Å². The second kappa shape index (κ2) is 8.98. The number of hydrogen-bond acceptors (Lipinski definition) is 3. The van der Waals surface area contributed by atoms with E-state index in [4.69, 9.17) is 9.47 Å². The van der Waals surface area contributed by atoms with Crippen LogP contribution in [0.25, 0.3) is 0 Å². The fourth-order valence-electron chi connectivity index (χ4n) is 2.14. The van der Waals surface area contributed by atoms with Crippen LogP contribution < -0.4 is 10.1 Å². The van der Waals surface area contributed by atoms with Crippen molar-refractivity contribution in [2.75, 3.05) is 19.8 Å². The summed E-state index contributed by atoms with van der Waals surface area (Å²) in [6.45, 7) is 13.6.